The molecule has 0 bridgehead atoms. The minimum Gasteiger partial charge on any atom is -0.496 e. The summed E-state index contributed by atoms with van der Waals surface area (Å²) < 4.78 is 23.7. The number of para-hydroxylation sites is 1. The van der Waals surface area contributed by atoms with Gasteiger partial charge in [-0.05, 0) is 95.8 Å². The number of pyridine rings is 1. The smallest absolute Gasteiger partial charge is 0.261 e. The van der Waals surface area contributed by atoms with Crippen LogP contribution in [0, 0.1) is 12.7 Å². The average molecular weight is 670 g/mol. The van der Waals surface area contributed by atoms with E-state index in [2.05, 4.69) is 48.7 Å². The number of nitrogens with one attached hydrogen (secondary N) is 1. The van der Waals surface area contributed by atoms with Crippen LogP contribution in [0.15, 0.2) is 48.5 Å². The number of likely N-dealkylation sites (N-methyl/N-ethyl adjacent to an activating group) is 1. The number of carbonyl (C=O) groups is 1. The summed E-state index contributed by atoms with van der Waals surface area (Å²) in [5.41, 5.74) is 3.06. The number of nitrogens with zero attached hydrogens (tertiary/aromatic N) is 6. The maximum Gasteiger partial charge on any atom is 0.261 e. The highest BCUT2D eigenvalue weighted by Gasteiger charge is 2.33. The van der Waals surface area contributed by atoms with Crippen LogP contribution in [0.4, 0.5) is 16.0 Å². The Morgan fingerprint density at radius 1 is 0.959 bits per heavy atom. The van der Waals surface area contributed by atoms with E-state index in [1.165, 1.54) is 13.2 Å². The van der Waals surface area contributed by atoms with E-state index in [0.717, 1.165) is 81.7 Å². The number of piperidine rings is 1. The highest BCUT2D eigenvalue weighted by atomic mass is 19.1. The summed E-state index contributed by atoms with van der Waals surface area (Å²) in [5, 5.41) is 13.7. The number of benzene rings is 2. The molecule has 1 saturated carbocycles. The van der Waals surface area contributed by atoms with Gasteiger partial charge in [0.1, 0.15) is 11.4 Å². The molecule has 49 heavy (non-hydrogen) atoms. The second kappa shape index (κ2) is 13.7. The van der Waals surface area contributed by atoms with E-state index >= 15 is 4.39 Å². The summed E-state index contributed by atoms with van der Waals surface area (Å²) >= 11 is 0. The van der Waals surface area contributed by atoms with Crippen molar-refractivity contribution in [3.63, 3.8) is 0 Å². The number of imidazole rings is 1. The zero-order chi connectivity index (χ0) is 34.3. The number of piperazine rings is 1. The number of ether oxygens (including phenoxy) is 1. The van der Waals surface area contributed by atoms with Gasteiger partial charge >= 0.3 is 0 Å². The lowest BCUT2D eigenvalue weighted by Crippen LogP contribution is -2.52. The average Bonchev–Trinajstić information content (AvgIpc) is 3.46. The van der Waals surface area contributed by atoms with E-state index in [4.69, 9.17) is 9.72 Å². The molecule has 0 unspecified atom stereocenters. The van der Waals surface area contributed by atoms with Crippen molar-refractivity contribution in [3.05, 3.63) is 65.6 Å². The third-order valence-electron chi connectivity index (χ3n) is 10.9. The first-order chi connectivity index (χ1) is 23.6. The molecule has 0 atom stereocenters. The van der Waals surface area contributed by atoms with Gasteiger partial charge < -0.3 is 24.2 Å². The number of aromatic nitrogens is 3. The number of hydrogen-bond donors (Lipinski definition) is 2. The summed E-state index contributed by atoms with van der Waals surface area (Å²) in [5.74, 6) is -0.457. The third kappa shape index (κ3) is 6.89. The lowest BCUT2D eigenvalue weighted by molar-refractivity contribution is 0.0106. The molecule has 0 spiro atoms. The molecule has 1 amide bonds. The van der Waals surface area contributed by atoms with Crippen LogP contribution in [0.1, 0.15) is 67.5 Å². The molecular formula is C38H48FN7O3. The molecule has 4 heterocycles. The Balaban J connectivity index is 1.19. The maximum absolute atomic E-state index is 16.1. The number of aliphatic hydroxyl groups is 1. The Morgan fingerprint density at radius 2 is 1.67 bits per heavy atom. The summed E-state index contributed by atoms with van der Waals surface area (Å²) in [6.07, 6.45) is 5.03. The normalized spacial score (nSPS) is 22.8. The SMILES string of the molecule is COc1ccccc1-c1nc(C)cc(C(=O)Nc2nc3ccc(N4CCC(N5CCN(C)CC5)CC4)cc3n2C2CCC(C)(O)CC2)c1F. The summed E-state index contributed by atoms with van der Waals surface area (Å²) in [6.45, 7) is 10.1. The van der Waals surface area contributed by atoms with Gasteiger partial charge in [0.15, 0.2) is 5.82 Å². The monoisotopic (exact) mass is 669 g/mol. The zero-order valence-electron chi connectivity index (χ0n) is 29.1. The Kier molecular flexibility index (Phi) is 9.34. The second-order valence-electron chi connectivity index (χ2n) is 14.4. The van der Waals surface area contributed by atoms with E-state index in [9.17, 15) is 9.90 Å². The van der Waals surface area contributed by atoms with E-state index in [-0.39, 0.29) is 17.3 Å². The molecule has 2 saturated heterocycles. The number of methoxy groups -OCH3 is 1. The van der Waals surface area contributed by atoms with Gasteiger partial charge in [0.05, 0.1) is 29.3 Å². The van der Waals surface area contributed by atoms with Gasteiger partial charge in [-0.1, -0.05) is 12.1 Å². The molecule has 11 heteroatoms. The molecule has 2 aromatic heterocycles. The van der Waals surface area contributed by atoms with Gasteiger partial charge in [0, 0.05) is 68.3 Å². The molecule has 0 radical (unpaired) electrons. The van der Waals surface area contributed by atoms with Crippen molar-refractivity contribution in [1.29, 1.82) is 0 Å². The molecule has 3 fully saturated rings. The Hall–Kier alpha value is -4.06. The molecule has 2 aliphatic heterocycles. The second-order valence-corrected chi connectivity index (χ2v) is 14.4. The number of aryl methyl sites for hydroxylation is 1. The first-order valence-corrected chi connectivity index (χ1v) is 17.6. The standard InChI is InChI=1S/C38H48FN7O3/c1-25-23-30(34(39)35(40-25)29-7-5-6-8-33(29)49-4)36(47)42-37-41-31-10-9-28(24-32(31)46(37)27-11-15-38(2,48)16-12-27)44-17-13-26(14-18-44)45-21-19-43(3)20-22-45/h5-10,23-24,26-27,48H,11-22H2,1-4H3,(H,41,42,47). The molecule has 2 N–H and O–H groups in total. The number of carbonyl (C=O) groups excluding carboxylic acids is 1. The number of fused-ring (bicyclic) bond motifs is 1. The van der Waals surface area contributed by atoms with E-state index in [0.29, 0.717) is 41.8 Å². The Bertz CT molecular complexity index is 1820. The molecule has 260 valence electrons. The first kappa shape index (κ1) is 33.4. The van der Waals surface area contributed by atoms with Crippen LogP contribution in [0.2, 0.25) is 0 Å². The summed E-state index contributed by atoms with van der Waals surface area (Å²) in [6, 6.07) is 15.5. The predicted molar refractivity (Wildman–Crippen MR) is 191 cm³/mol. The van der Waals surface area contributed by atoms with Crippen molar-refractivity contribution < 1.29 is 19.0 Å². The number of halogens is 1. The maximum atomic E-state index is 16.1. The van der Waals surface area contributed by atoms with Crippen LogP contribution in [-0.4, -0.2) is 100 Å². The largest absolute Gasteiger partial charge is 0.496 e. The van der Waals surface area contributed by atoms with E-state index in [1.54, 1.807) is 31.2 Å². The van der Waals surface area contributed by atoms with Gasteiger partial charge in [-0.15, -0.1) is 0 Å². The fraction of sp³-hybridized carbons (Fsp3) is 0.500. The van der Waals surface area contributed by atoms with E-state index < -0.39 is 17.3 Å². The quantitative estimate of drug-likeness (QED) is 0.252. The summed E-state index contributed by atoms with van der Waals surface area (Å²) in [4.78, 5) is 30.8. The van der Waals surface area contributed by atoms with Crippen LogP contribution >= 0.6 is 0 Å². The predicted octanol–water partition coefficient (Wildman–Crippen LogP) is 5.89. The third-order valence-corrected chi connectivity index (χ3v) is 10.9. The minimum atomic E-state index is -0.720. The van der Waals surface area contributed by atoms with Crippen LogP contribution in [0.5, 0.6) is 5.75 Å². The van der Waals surface area contributed by atoms with Crippen molar-refractivity contribution >= 4 is 28.6 Å². The number of amides is 1. The number of hydrogen-bond acceptors (Lipinski definition) is 8. The number of rotatable bonds is 7. The summed E-state index contributed by atoms with van der Waals surface area (Å²) in [7, 11) is 3.72. The van der Waals surface area contributed by atoms with Crippen molar-refractivity contribution in [1.82, 2.24) is 24.3 Å². The van der Waals surface area contributed by atoms with Crippen LogP contribution < -0.4 is 15.0 Å². The molecular weight excluding hydrogens is 621 g/mol. The highest BCUT2D eigenvalue weighted by Crippen LogP contribution is 2.40. The van der Waals surface area contributed by atoms with Gasteiger partial charge in [0.2, 0.25) is 5.95 Å². The van der Waals surface area contributed by atoms with Crippen LogP contribution in [-0.2, 0) is 0 Å². The van der Waals surface area contributed by atoms with Crippen molar-refractivity contribution in [2.24, 2.45) is 0 Å². The first-order valence-electron chi connectivity index (χ1n) is 17.6. The van der Waals surface area contributed by atoms with Crippen molar-refractivity contribution in [3.8, 4) is 17.0 Å². The number of anilines is 2. The van der Waals surface area contributed by atoms with Gasteiger partial charge in [-0.3, -0.25) is 15.0 Å². The fourth-order valence-electron chi connectivity index (χ4n) is 7.91. The molecule has 10 nitrogen and oxygen atoms in total. The van der Waals surface area contributed by atoms with Gasteiger partial charge in [0.25, 0.3) is 5.91 Å². The fourth-order valence-corrected chi connectivity index (χ4v) is 7.91. The highest BCUT2D eigenvalue weighted by molar-refractivity contribution is 6.05. The molecule has 1 aliphatic carbocycles. The Labute approximate surface area is 287 Å². The molecule has 7 rings (SSSR count). The topological polar surface area (TPSA) is 99.0 Å². The minimum absolute atomic E-state index is 0.0203. The Morgan fingerprint density at radius 3 is 2.39 bits per heavy atom. The molecule has 2 aromatic carbocycles. The van der Waals surface area contributed by atoms with Crippen LogP contribution in [0.25, 0.3) is 22.3 Å². The lowest BCUT2D eigenvalue weighted by Gasteiger charge is -2.42. The van der Waals surface area contributed by atoms with Gasteiger partial charge in [-0.2, -0.15) is 0 Å². The molecule has 3 aliphatic rings. The van der Waals surface area contributed by atoms with E-state index in [1.807, 2.05) is 13.0 Å². The zero-order valence-corrected chi connectivity index (χ0v) is 29.1. The van der Waals surface area contributed by atoms with Gasteiger partial charge in [-0.25, -0.2) is 14.4 Å². The van der Waals surface area contributed by atoms with Crippen LogP contribution in [0.3, 0.4) is 0 Å². The molecule has 4 aromatic rings. The van der Waals surface area contributed by atoms with Crippen molar-refractivity contribution in [2.75, 3.05) is 63.6 Å². The lowest BCUT2D eigenvalue weighted by atomic mass is 9.83. The van der Waals surface area contributed by atoms with Crippen molar-refractivity contribution in [2.45, 2.75) is 70.1 Å².